The van der Waals surface area contributed by atoms with Crippen molar-refractivity contribution in [2.24, 2.45) is 5.41 Å². The van der Waals surface area contributed by atoms with Crippen LogP contribution in [0.3, 0.4) is 0 Å². The van der Waals surface area contributed by atoms with Crippen molar-refractivity contribution >= 4 is 0 Å². The van der Waals surface area contributed by atoms with Crippen LogP contribution < -0.4 is 10.1 Å². The molecule has 4 nitrogen and oxygen atoms in total. The Kier molecular flexibility index (Phi) is 6.34. The van der Waals surface area contributed by atoms with Crippen LogP contribution in [0, 0.1) is 16.7 Å². The summed E-state index contributed by atoms with van der Waals surface area (Å²) in [4.78, 5) is 0. The van der Waals surface area contributed by atoms with Gasteiger partial charge in [-0.05, 0) is 17.9 Å². The Balaban J connectivity index is 2.51. The first kappa shape index (κ1) is 15.5. The minimum Gasteiger partial charge on any atom is -0.478 e. The molecule has 104 valence electrons. The van der Waals surface area contributed by atoms with E-state index in [1.165, 1.54) is 0 Å². The first-order valence-corrected chi connectivity index (χ1v) is 6.48. The number of hydrogen-bond donors (Lipinski definition) is 2. The molecular weight excluding hydrogens is 240 g/mol. The maximum atomic E-state index is 8.98. The summed E-state index contributed by atoms with van der Waals surface area (Å²) in [6.45, 7) is 6.02. The fraction of sp³-hybridized carbons (Fsp3) is 0.533. The van der Waals surface area contributed by atoms with Gasteiger partial charge in [-0.2, -0.15) is 5.26 Å². The molecule has 0 saturated carbocycles. The number of benzene rings is 1. The van der Waals surface area contributed by atoms with E-state index in [0.29, 0.717) is 6.54 Å². The molecule has 0 bridgehead atoms. The Hall–Kier alpha value is -1.57. The van der Waals surface area contributed by atoms with E-state index in [4.69, 9.17) is 15.1 Å². The summed E-state index contributed by atoms with van der Waals surface area (Å²) in [7, 11) is 0. The molecule has 1 aromatic rings. The number of ether oxygens (including phenoxy) is 1. The smallest absolute Gasteiger partial charge is 0.174 e. The maximum Gasteiger partial charge on any atom is 0.174 e. The summed E-state index contributed by atoms with van der Waals surface area (Å²) < 4.78 is 5.38. The highest BCUT2D eigenvalue weighted by Crippen LogP contribution is 2.20. The monoisotopic (exact) mass is 262 g/mol. The summed E-state index contributed by atoms with van der Waals surface area (Å²) in [6.07, 6.45) is 0.770. The van der Waals surface area contributed by atoms with Gasteiger partial charge in [-0.3, -0.25) is 0 Å². The van der Waals surface area contributed by atoms with E-state index in [0.717, 1.165) is 24.3 Å². The largest absolute Gasteiger partial charge is 0.478 e. The normalized spacial score (nSPS) is 11.1. The lowest BCUT2D eigenvalue weighted by molar-refractivity contribution is 0.207. The third-order valence-corrected chi connectivity index (χ3v) is 2.97. The van der Waals surface area contributed by atoms with Gasteiger partial charge in [0.15, 0.2) is 6.61 Å². The average molecular weight is 262 g/mol. The Bertz CT molecular complexity index is 424. The summed E-state index contributed by atoms with van der Waals surface area (Å²) in [6, 6.07) is 9.67. The fourth-order valence-electron chi connectivity index (χ4n) is 1.83. The van der Waals surface area contributed by atoms with Gasteiger partial charge in [0.1, 0.15) is 11.8 Å². The van der Waals surface area contributed by atoms with Gasteiger partial charge in [0.2, 0.25) is 0 Å². The fourth-order valence-corrected chi connectivity index (χ4v) is 1.83. The molecule has 0 saturated heterocycles. The molecule has 0 spiro atoms. The van der Waals surface area contributed by atoms with E-state index in [1.807, 2.05) is 30.3 Å². The second kappa shape index (κ2) is 7.78. The quantitative estimate of drug-likeness (QED) is 0.753. The first-order valence-electron chi connectivity index (χ1n) is 6.48. The topological polar surface area (TPSA) is 65.3 Å². The lowest BCUT2D eigenvalue weighted by atomic mass is 9.90. The zero-order valence-corrected chi connectivity index (χ0v) is 11.6. The number of nitrogens with zero attached hydrogens (tertiary/aromatic N) is 1. The van der Waals surface area contributed by atoms with Gasteiger partial charge < -0.3 is 15.2 Å². The van der Waals surface area contributed by atoms with Crippen LogP contribution in [0.4, 0.5) is 0 Å². The number of aliphatic hydroxyl groups excluding tert-OH is 1. The number of nitrogens with one attached hydrogen (secondary N) is 1. The second-order valence-corrected chi connectivity index (χ2v) is 5.30. The molecule has 0 aliphatic rings. The average Bonchev–Trinajstić information content (AvgIpc) is 2.37. The van der Waals surface area contributed by atoms with Crippen molar-refractivity contribution in [2.75, 3.05) is 19.8 Å². The van der Waals surface area contributed by atoms with Crippen LogP contribution in [-0.4, -0.2) is 24.9 Å². The van der Waals surface area contributed by atoms with Crippen molar-refractivity contribution in [2.45, 2.75) is 26.8 Å². The summed E-state index contributed by atoms with van der Waals surface area (Å²) in [5.74, 6) is 0.747. The third-order valence-electron chi connectivity index (χ3n) is 2.97. The van der Waals surface area contributed by atoms with Crippen LogP contribution in [0.2, 0.25) is 0 Å². The number of hydrogen-bond acceptors (Lipinski definition) is 4. The molecule has 1 aromatic carbocycles. The zero-order chi connectivity index (χ0) is 14.1. The number of aliphatic hydroxyl groups is 1. The van der Waals surface area contributed by atoms with Gasteiger partial charge in [0, 0.05) is 25.3 Å². The highest BCUT2D eigenvalue weighted by atomic mass is 16.5. The molecule has 0 radical (unpaired) electrons. The number of rotatable bonds is 8. The van der Waals surface area contributed by atoms with Gasteiger partial charge in [0.25, 0.3) is 0 Å². The van der Waals surface area contributed by atoms with Crippen LogP contribution in [0.5, 0.6) is 5.75 Å². The van der Waals surface area contributed by atoms with Crippen molar-refractivity contribution < 1.29 is 9.84 Å². The highest BCUT2D eigenvalue weighted by molar-refractivity contribution is 5.33. The summed E-state index contributed by atoms with van der Waals surface area (Å²) in [5.41, 5.74) is 1.11. The summed E-state index contributed by atoms with van der Waals surface area (Å²) in [5, 5.41) is 20.9. The van der Waals surface area contributed by atoms with Crippen molar-refractivity contribution in [1.82, 2.24) is 5.32 Å². The van der Waals surface area contributed by atoms with Crippen molar-refractivity contribution in [3.8, 4) is 11.8 Å². The van der Waals surface area contributed by atoms with E-state index in [-0.39, 0.29) is 18.6 Å². The lowest BCUT2D eigenvalue weighted by Crippen LogP contribution is -2.30. The van der Waals surface area contributed by atoms with E-state index < -0.39 is 0 Å². The third kappa shape index (κ3) is 5.73. The Morgan fingerprint density at radius 1 is 1.37 bits per heavy atom. The van der Waals surface area contributed by atoms with Gasteiger partial charge in [-0.15, -0.1) is 0 Å². The molecule has 4 heteroatoms. The number of para-hydroxylation sites is 1. The van der Waals surface area contributed by atoms with Crippen molar-refractivity contribution in [1.29, 1.82) is 5.26 Å². The van der Waals surface area contributed by atoms with Crippen LogP contribution in [-0.2, 0) is 6.54 Å². The van der Waals surface area contributed by atoms with Gasteiger partial charge >= 0.3 is 0 Å². The number of nitriles is 1. The molecular formula is C15H22N2O2. The molecule has 0 heterocycles. The van der Waals surface area contributed by atoms with E-state index in [2.05, 4.69) is 19.2 Å². The van der Waals surface area contributed by atoms with Crippen LogP contribution in [0.25, 0.3) is 0 Å². The first-order chi connectivity index (χ1) is 9.09. The Morgan fingerprint density at radius 2 is 2.11 bits per heavy atom. The van der Waals surface area contributed by atoms with Crippen molar-refractivity contribution in [3.63, 3.8) is 0 Å². The van der Waals surface area contributed by atoms with Gasteiger partial charge in [-0.1, -0.05) is 32.0 Å². The van der Waals surface area contributed by atoms with Crippen LogP contribution in [0.1, 0.15) is 25.8 Å². The van der Waals surface area contributed by atoms with E-state index in [1.54, 1.807) is 0 Å². The zero-order valence-electron chi connectivity index (χ0n) is 11.6. The standard InChI is InChI=1S/C15H22N2O2/c1-15(2,7-9-18)12-17-11-13-5-3-4-6-14(13)19-10-8-16/h3-6,17-18H,7,9-12H2,1-2H3. The molecule has 2 N–H and O–H groups in total. The minimum absolute atomic E-state index is 0.0625. The second-order valence-electron chi connectivity index (χ2n) is 5.30. The molecule has 0 aliphatic carbocycles. The Morgan fingerprint density at radius 3 is 2.79 bits per heavy atom. The Labute approximate surface area is 115 Å². The summed E-state index contributed by atoms with van der Waals surface area (Å²) >= 11 is 0. The van der Waals surface area contributed by atoms with Crippen LogP contribution >= 0.6 is 0 Å². The highest BCUT2D eigenvalue weighted by Gasteiger charge is 2.16. The molecule has 0 unspecified atom stereocenters. The maximum absolute atomic E-state index is 8.98. The molecule has 1 rings (SSSR count). The molecule has 0 aliphatic heterocycles. The van der Waals surface area contributed by atoms with E-state index in [9.17, 15) is 0 Å². The SMILES string of the molecule is CC(C)(CCO)CNCc1ccccc1OCC#N. The predicted molar refractivity (Wildman–Crippen MR) is 74.7 cm³/mol. The van der Waals surface area contributed by atoms with Gasteiger partial charge in [-0.25, -0.2) is 0 Å². The molecule has 0 fully saturated rings. The molecule has 0 aromatic heterocycles. The van der Waals surface area contributed by atoms with Gasteiger partial charge in [0.05, 0.1) is 0 Å². The van der Waals surface area contributed by atoms with Crippen molar-refractivity contribution in [3.05, 3.63) is 29.8 Å². The molecule has 0 atom stereocenters. The van der Waals surface area contributed by atoms with E-state index >= 15 is 0 Å². The van der Waals surface area contributed by atoms with Crippen LogP contribution in [0.15, 0.2) is 24.3 Å². The minimum atomic E-state index is 0.0625. The lowest BCUT2D eigenvalue weighted by Gasteiger charge is -2.24. The molecule has 19 heavy (non-hydrogen) atoms. The predicted octanol–water partition coefficient (Wildman–Crippen LogP) is 2.09. The molecule has 0 amide bonds.